The van der Waals surface area contributed by atoms with Gasteiger partial charge in [0.2, 0.25) is 5.91 Å². The highest BCUT2D eigenvalue weighted by Crippen LogP contribution is 2.44. The molecule has 1 saturated heterocycles. The summed E-state index contributed by atoms with van der Waals surface area (Å²) in [5.41, 5.74) is 2.13. The Kier molecular flexibility index (Phi) is 7.84. The number of benzene rings is 2. The van der Waals surface area contributed by atoms with Crippen LogP contribution >= 0.6 is 0 Å². The largest absolute Gasteiger partial charge is 0.457 e. The fraction of sp³-hybridized carbons (Fsp3) is 0.548. The standard InChI is InChI=1S/C31H41N3O3/c1-32-30(35)23-14-15-28-26(20-23)29(25-12-8-9-13-27(25)37-28)31(36)33-24-16-18-34(2,19-17-24)21-22-10-6-4-3-5-7-11-22/h8-9,12-15,20,22,24,29H,3-7,10-11,16-19,21H2,1-2H3,(H-,32,33,35,36)/p+1. The molecule has 2 heterocycles. The van der Waals surface area contributed by atoms with Crippen LogP contribution < -0.4 is 15.4 Å². The van der Waals surface area contributed by atoms with Gasteiger partial charge in [0.1, 0.15) is 11.5 Å². The third kappa shape index (κ3) is 5.85. The van der Waals surface area contributed by atoms with Gasteiger partial charge in [0, 0.05) is 48.5 Å². The molecule has 0 aromatic heterocycles. The third-order valence-corrected chi connectivity index (χ3v) is 8.83. The van der Waals surface area contributed by atoms with E-state index in [1.54, 1.807) is 25.2 Å². The summed E-state index contributed by atoms with van der Waals surface area (Å²) >= 11 is 0. The molecular weight excluding hydrogens is 462 g/mol. The van der Waals surface area contributed by atoms with Crippen molar-refractivity contribution in [1.29, 1.82) is 0 Å². The van der Waals surface area contributed by atoms with Crippen LogP contribution in [-0.4, -0.2) is 56.1 Å². The number of hydrogen-bond donors (Lipinski definition) is 2. The van der Waals surface area contributed by atoms with Gasteiger partial charge in [-0.1, -0.05) is 50.3 Å². The molecule has 2 aromatic rings. The molecule has 2 aromatic carbocycles. The number of ether oxygens (including phenoxy) is 1. The summed E-state index contributed by atoms with van der Waals surface area (Å²) < 4.78 is 7.25. The first kappa shape index (κ1) is 25.8. The molecule has 5 rings (SSSR count). The van der Waals surface area contributed by atoms with E-state index in [1.807, 2.05) is 24.3 Å². The Morgan fingerprint density at radius 2 is 1.57 bits per heavy atom. The van der Waals surface area contributed by atoms with Crippen molar-refractivity contribution in [3.05, 3.63) is 59.2 Å². The first-order valence-corrected chi connectivity index (χ1v) is 14.2. The van der Waals surface area contributed by atoms with Crippen LogP contribution in [0.25, 0.3) is 0 Å². The van der Waals surface area contributed by atoms with Gasteiger partial charge in [-0.25, -0.2) is 0 Å². The van der Waals surface area contributed by atoms with Crippen LogP contribution in [-0.2, 0) is 4.79 Å². The van der Waals surface area contributed by atoms with E-state index in [-0.39, 0.29) is 17.9 Å². The molecule has 37 heavy (non-hydrogen) atoms. The van der Waals surface area contributed by atoms with Crippen molar-refractivity contribution in [1.82, 2.24) is 10.6 Å². The minimum Gasteiger partial charge on any atom is -0.457 e. The van der Waals surface area contributed by atoms with Crippen LogP contribution in [0.5, 0.6) is 11.5 Å². The lowest BCUT2D eigenvalue weighted by atomic mass is 9.85. The number of fused-ring (bicyclic) bond motifs is 2. The molecule has 1 unspecified atom stereocenters. The highest BCUT2D eigenvalue weighted by molar-refractivity contribution is 5.96. The highest BCUT2D eigenvalue weighted by Gasteiger charge is 2.37. The predicted octanol–water partition coefficient (Wildman–Crippen LogP) is 5.37. The maximum Gasteiger partial charge on any atom is 0.251 e. The summed E-state index contributed by atoms with van der Waals surface area (Å²) in [7, 11) is 4.03. The summed E-state index contributed by atoms with van der Waals surface area (Å²) in [6.45, 7) is 3.51. The molecule has 2 fully saturated rings. The van der Waals surface area contributed by atoms with Crippen molar-refractivity contribution < 1.29 is 18.8 Å². The van der Waals surface area contributed by atoms with E-state index < -0.39 is 5.92 Å². The summed E-state index contributed by atoms with van der Waals surface area (Å²) in [5, 5.41) is 6.07. The van der Waals surface area contributed by atoms with Crippen LogP contribution in [0.1, 0.15) is 85.2 Å². The van der Waals surface area contributed by atoms with Crippen molar-refractivity contribution in [3.63, 3.8) is 0 Å². The molecular formula is C31H42N3O3+. The average Bonchev–Trinajstić information content (AvgIpc) is 2.89. The third-order valence-electron chi connectivity index (χ3n) is 8.83. The maximum atomic E-state index is 13.8. The normalized spacial score (nSPS) is 26.0. The number of nitrogens with zero attached hydrogens (tertiary/aromatic N) is 1. The van der Waals surface area contributed by atoms with Crippen LogP contribution in [0.3, 0.4) is 0 Å². The zero-order chi connectivity index (χ0) is 25.8. The Balaban J connectivity index is 1.28. The minimum atomic E-state index is -0.498. The van der Waals surface area contributed by atoms with E-state index >= 15 is 0 Å². The number of hydrogen-bond acceptors (Lipinski definition) is 3. The molecule has 2 aliphatic heterocycles. The lowest BCUT2D eigenvalue weighted by molar-refractivity contribution is -0.917. The fourth-order valence-electron chi connectivity index (χ4n) is 6.68. The lowest BCUT2D eigenvalue weighted by Gasteiger charge is -2.43. The molecule has 0 radical (unpaired) electrons. The SMILES string of the molecule is CNC(=O)c1ccc2c(c1)C(C(=O)NC1CC[N+](C)(CC3CCCCCCC3)CC1)c1ccccc1O2. The zero-order valence-electron chi connectivity index (χ0n) is 22.4. The molecule has 3 aliphatic rings. The second kappa shape index (κ2) is 11.3. The van der Waals surface area contributed by atoms with Gasteiger partial charge in [-0.3, -0.25) is 9.59 Å². The van der Waals surface area contributed by atoms with Gasteiger partial charge >= 0.3 is 0 Å². The van der Waals surface area contributed by atoms with Gasteiger partial charge in [-0.2, -0.15) is 0 Å². The average molecular weight is 505 g/mol. The molecule has 1 saturated carbocycles. The number of rotatable bonds is 5. The second-order valence-electron chi connectivity index (χ2n) is 11.6. The van der Waals surface area contributed by atoms with Gasteiger partial charge in [0.05, 0.1) is 32.6 Å². The molecule has 2 amide bonds. The van der Waals surface area contributed by atoms with Crippen molar-refractivity contribution in [3.8, 4) is 11.5 Å². The zero-order valence-corrected chi connectivity index (χ0v) is 22.4. The molecule has 2 N–H and O–H groups in total. The minimum absolute atomic E-state index is 0.00724. The number of amides is 2. The van der Waals surface area contributed by atoms with E-state index in [0.29, 0.717) is 17.1 Å². The Morgan fingerprint density at radius 1 is 0.892 bits per heavy atom. The van der Waals surface area contributed by atoms with Crippen LogP contribution in [0, 0.1) is 5.92 Å². The molecule has 0 bridgehead atoms. The van der Waals surface area contributed by atoms with Gasteiger partial charge in [0.25, 0.3) is 5.91 Å². The van der Waals surface area contributed by atoms with Gasteiger partial charge in [-0.15, -0.1) is 0 Å². The van der Waals surface area contributed by atoms with Crippen molar-refractivity contribution in [2.75, 3.05) is 33.7 Å². The molecule has 1 atom stereocenters. The Bertz CT molecular complexity index is 1110. The van der Waals surface area contributed by atoms with Crippen molar-refractivity contribution in [2.45, 2.75) is 69.7 Å². The van der Waals surface area contributed by atoms with E-state index in [0.717, 1.165) is 47.5 Å². The molecule has 6 nitrogen and oxygen atoms in total. The Hall–Kier alpha value is -2.86. The number of carbonyl (C=O) groups excluding carboxylic acids is 2. The summed E-state index contributed by atoms with van der Waals surface area (Å²) in [5.74, 6) is 1.51. The first-order valence-electron chi connectivity index (χ1n) is 14.2. The van der Waals surface area contributed by atoms with Crippen LogP contribution in [0.4, 0.5) is 0 Å². The molecule has 198 valence electrons. The maximum absolute atomic E-state index is 13.8. The van der Waals surface area contributed by atoms with E-state index in [4.69, 9.17) is 4.74 Å². The predicted molar refractivity (Wildman–Crippen MR) is 146 cm³/mol. The molecule has 6 heteroatoms. The number of carbonyl (C=O) groups is 2. The van der Waals surface area contributed by atoms with E-state index in [9.17, 15) is 9.59 Å². The lowest BCUT2D eigenvalue weighted by Crippen LogP contribution is -2.56. The smallest absolute Gasteiger partial charge is 0.251 e. The number of quaternary nitrogens is 1. The fourth-order valence-corrected chi connectivity index (χ4v) is 6.68. The van der Waals surface area contributed by atoms with Crippen molar-refractivity contribution >= 4 is 11.8 Å². The van der Waals surface area contributed by atoms with Crippen LogP contribution in [0.15, 0.2) is 42.5 Å². The quantitative estimate of drug-likeness (QED) is 0.538. The molecule has 0 spiro atoms. The van der Waals surface area contributed by atoms with Gasteiger partial charge in [0.15, 0.2) is 0 Å². The van der Waals surface area contributed by atoms with Gasteiger partial charge < -0.3 is 19.9 Å². The van der Waals surface area contributed by atoms with Crippen LogP contribution in [0.2, 0.25) is 0 Å². The van der Waals surface area contributed by atoms with E-state index in [2.05, 4.69) is 17.7 Å². The topological polar surface area (TPSA) is 67.4 Å². The Labute approximate surface area is 221 Å². The molecule has 1 aliphatic carbocycles. The summed E-state index contributed by atoms with van der Waals surface area (Å²) in [6, 6.07) is 13.3. The second-order valence-corrected chi connectivity index (χ2v) is 11.6. The number of nitrogens with one attached hydrogen (secondary N) is 2. The highest BCUT2D eigenvalue weighted by atomic mass is 16.5. The summed E-state index contributed by atoms with van der Waals surface area (Å²) in [6.07, 6.45) is 11.8. The van der Waals surface area contributed by atoms with Crippen molar-refractivity contribution in [2.24, 2.45) is 5.92 Å². The van der Waals surface area contributed by atoms with E-state index in [1.165, 1.54) is 51.5 Å². The number of para-hydroxylation sites is 1. The number of piperidine rings is 1. The monoisotopic (exact) mass is 504 g/mol. The number of likely N-dealkylation sites (tertiary alicyclic amines) is 1. The van der Waals surface area contributed by atoms with Gasteiger partial charge in [-0.05, 0) is 37.1 Å². The summed E-state index contributed by atoms with van der Waals surface area (Å²) in [4.78, 5) is 26.1. The Morgan fingerprint density at radius 3 is 2.30 bits per heavy atom. The first-order chi connectivity index (χ1) is 18.0.